The summed E-state index contributed by atoms with van der Waals surface area (Å²) in [6.07, 6.45) is 5.51. The van der Waals surface area contributed by atoms with E-state index in [1.54, 1.807) is 0 Å². The van der Waals surface area contributed by atoms with E-state index < -0.39 is 10.0 Å². The van der Waals surface area contributed by atoms with Crippen molar-refractivity contribution in [3.63, 3.8) is 0 Å². The van der Waals surface area contributed by atoms with Gasteiger partial charge in [-0.25, -0.2) is 13.6 Å². The molecule has 0 spiro atoms. The summed E-state index contributed by atoms with van der Waals surface area (Å²) in [4.78, 5) is -0.115. The number of benzene rings is 1. The highest BCUT2D eigenvalue weighted by atomic mass is 32.2. The van der Waals surface area contributed by atoms with Crippen LogP contribution >= 0.6 is 0 Å². The van der Waals surface area contributed by atoms with Gasteiger partial charge < -0.3 is 9.84 Å². The van der Waals surface area contributed by atoms with Crippen LogP contribution in [-0.2, 0) is 10.0 Å². The molecule has 0 atom stereocenters. The van der Waals surface area contributed by atoms with Gasteiger partial charge in [-0.15, -0.1) is 0 Å². The zero-order chi connectivity index (χ0) is 13.2. The third-order valence-electron chi connectivity index (χ3n) is 3.10. The molecular formula is C12H17NO4S. The van der Waals surface area contributed by atoms with Gasteiger partial charge in [0.05, 0.1) is 11.0 Å². The van der Waals surface area contributed by atoms with Gasteiger partial charge >= 0.3 is 0 Å². The van der Waals surface area contributed by atoms with Crippen LogP contribution in [0.1, 0.15) is 32.1 Å². The van der Waals surface area contributed by atoms with Gasteiger partial charge in [-0.1, -0.05) is 6.42 Å². The van der Waals surface area contributed by atoms with E-state index in [0.717, 1.165) is 31.7 Å². The van der Waals surface area contributed by atoms with E-state index in [1.165, 1.54) is 18.6 Å². The molecule has 3 N–H and O–H groups in total. The summed E-state index contributed by atoms with van der Waals surface area (Å²) >= 11 is 0. The number of nitrogens with two attached hydrogens (primary N) is 1. The van der Waals surface area contributed by atoms with Gasteiger partial charge in [-0.05, 0) is 37.8 Å². The Morgan fingerprint density at radius 3 is 2.44 bits per heavy atom. The first-order chi connectivity index (χ1) is 8.47. The van der Waals surface area contributed by atoms with Gasteiger partial charge in [0.25, 0.3) is 0 Å². The molecule has 0 heterocycles. The summed E-state index contributed by atoms with van der Waals surface area (Å²) in [7, 11) is -3.79. The van der Waals surface area contributed by atoms with E-state index in [2.05, 4.69) is 0 Å². The Hall–Kier alpha value is -1.27. The second kappa shape index (κ2) is 5.16. The molecule has 0 unspecified atom stereocenters. The van der Waals surface area contributed by atoms with E-state index in [-0.39, 0.29) is 16.7 Å². The molecule has 0 radical (unpaired) electrons. The molecule has 0 amide bonds. The molecule has 0 saturated heterocycles. The average molecular weight is 271 g/mol. The van der Waals surface area contributed by atoms with Gasteiger partial charge in [-0.3, -0.25) is 0 Å². The van der Waals surface area contributed by atoms with Crippen molar-refractivity contribution >= 4 is 10.0 Å². The summed E-state index contributed by atoms with van der Waals surface area (Å²) in [5, 5.41) is 14.7. The fraction of sp³-hybridized carbons (Fsp3) is 0.500. The first-order valence-electron chi connectivity index (χ1n) is 5.99. The Morgan fingerprint density at radius 2 is 1.89 bits per heavy atom. The van der Waals surface area contributed by atoms with Crippen LogP contribution in [0.2, 0.25) is 0 Å². The predicted molar refractivity (Wildman–Crippen MR) is 67.0 cm³/mol. The Labute approximate surface area is 107 Å². The minimum absolute atomic E-state index is 0.102. The van der Waals surface area contributed by atoms with Crippen molar-refractivity contribution in [1.82, 2.24) is 0 Å². The summed E-state index contributed by atoms with van der Waals surface area (Å²) in [5.74, 6) is 0.126. The highest BCUT2D eigenvalue weighted by Gasteiger charge is 2.18. The lowest BCUT2D eigenvalue weighted by atomic mass is 9.98. The average Bonchev–Trinajstić information content (AvgIpc) is 2.32. The molecule has 100 valence electrons. The molecule has 5 nitrogen and oxygen atoms in total. The van der Waals surface area contributed by atoms with Crippen LogP contribution in [0.25, 0.3) is 0 Å². The van der Waals surface area contributed by atoms with Crippen LogP contribution in [0.3, 0.4) is 0 Å². The molecule has 1 aromatic carbocycles. The number of rotatable bonds is 3. The number of phenolic OH excluding ortho intramolecular Hbond substituents is 1. The maximum absolute atomic E-state index is 11.1. The smallest absolute Gasteiger partial charge is 0.238 e. The molecule has 2 rings (SSSR count). The molecular weight excluding hydrogens is 254 g/mol. The van der Waals surface area contributed by atoms with Gasteiger partial charge in [0.1, 0.15) is 0 Å². The van der Waals surface area contributed by atoms with Gasteiger partial charge in [0, 0.05) is 6.07 Å². The van der Waals surface area contributed by atoms with E-state index in [9.17, 15) is 13.5 Å². The van der Waals surface area contributed by atoms with E-state index in [0.29, 0.717) is 5.75 Å². The van der Waals surface area contributed by atoms with E-state index >= 15 is 0 Å². The molecule has 0 bridgehead atoms. The molecule has 1 fully saturated rings. The highest BCUT2D eigenvalue weighted by Crippen LogP contribution is 2.31. The van der Waals surface area contributed by atoms with Crippen LogP contribution in [0.5, 0.6) is 11.5 Å². The summed E-state index contributed by atoms with van der Waals surface area (Å²) in [6, 6.07) is 3.91. The Kier molecular flexibility index (Phi) is 3.77. The van der Waals surface area contributed by atoms with Crippen molar-refractivity contribution in [2.75, 3.05) is 0 Å². The number of hydrogen-bond acceptors (Lipinski definition) is 4. The maximum Gasteiger partial charge on any atom is 0.238 e. The topological polar surface area (TPSA) is 89.6 Å². The fourth-order valence-electron chi connectivity index (χ4n) is 2.14. The fourth-order valence-corrected chi connectivity index (χ4v) is 2.67. The van der Waals surface area contributed by atoms with Crippen LogP contribution < -0.4 is 9.88 Å². The normalized spacial score (nSPS) is 17.6. The van der Waals surface area contributed by atoms with Crippen LogP contribution in [0.15, 0.2) is 23.1 Å². The second-order valence-electron chi connectivity index (χ2n) is 4.55. The van der Waals surface area contributed by atoms with Gasteiger partial charge in [-0.2, -0.15) is 0 Å². The van der Waals surface area contributed by atoms with Gasteiger partial charge in [0.2, 0.25) is 10.0 Å². The zero-order valence-corrected chi connectivity index (χ0v) is 10.8. The Morgan fingerprint density at radius 1 is 1.22 bits per heavy atom. The van der Waals surface area contributed by atoms with Crippen molar-refractivity contribution in [1.29, 1.82) is 0 Å². The maximum atomic E-state index is 11.1. The van der Waals surface area contributed by atoms with E-state index in [1.807, 2.05) is 0 Å². The second-order valence-corrected chi connectivity index (χ2v) is 6.11. The summed E-state index contributed by atoms with van der Waals surface area (Å²) in [6.45, 7) is 0. The van der Waals surface area contributed by atoms with E-state index in [4.69, 9.17) is 9.88 Å². The van der Waals surface area contributed by atoms with Crippen molar-refractivity contribution in [3.05, 3.63) is 18.2 Å². The Bertz CT molecular complexity index is 521. The number of aromatic hydroxyl groups is 1. The third-order valence-corrected chi connectivity index (χ3v) is 4.02. The number of ether oxygens (including phenoxy) is 1. The molecule has 1 aromatic rings. The van der Waals surface area contributed by atoms with Crippen molar-refractivity contribution in [3.8, 4) is 11.5 Å². The highest BCUT2D eigenvalue weighted by molar-refractivity contribution is 7.89. The first kappa shape index (κ1) is 13.2. The zero-order valence-electron chi connectivity index (χ0n) is 10.0. The number of hydrogen-bond donors (Lipinski definition) is 2. The third kappa shape index (κ3) is 3.14. The quantitative estimate of drug-likeness (QED) is 0.876. The Balaban J connectivity index is 2.14. The molecule has 1 aliphatic carbocycles. The number of sulfonamides is 1. The lowest BCUT2D eigenvalue weighted by Crippen LogP contribution is -2.19. The molecule has 1 saturated carbocycles. The molecule has 6 heteroatoms. The SMILES string of the molecule is NS(=O)(=O)c1ccc(OC2CCCCC2)c(O)c1. The standard InChI is InChI=1S/C12H17NO4S/c13-18(15,16)10-6-7-12(11(14)8-10)17-9-4-2-1-3-5-9/h6-9,14H,1-5H2,(H2,13,15,16). The molecule has 0 aliphatic heterocycles. The minimum Gasteiger partial charge on any atom is -0.504 e. The number of primary sulfonamides is 1. The largest absolute Gasteiger partial charge is 0.504 e. The van der Waals surface area contributed by atoms with Gasteiger partial charge in [0.15, 0.2) is 11.5 Å². The number of phenols is 1. The first-order valence-corrected chi connectivity index (χ1v) is 7.54. The molecule has 1 aliphatic rings. The van der Waals surface area contributed by atoms with Crippen LogP contribution in [-0.4, -0.2) is 19.6 Å². The predicted octanol–water partition coefficient (Wildman–Crippen LogP) is 1.75. The molecule has 18 heavy (non-hydrogen) atoms. The van der Waals surface area contributed by atoms with Crippen molar-refractivity contribution < 1.29 is 18.3 Å². The summed E-state index contributed by atoms with van der Waals surface area (Å²) < 4.78 is 27.9. The van der Waals surface area contributed by atoms with Crippen LogP contribution in [0.4, 0.5) is 0 Å². The lowest BCUT2D eigenvalue weighted by Gasteiger charge is -2.23. The lowest BCUT2D eigenvalue weighted by molar-refractivity contribution is 0.150. The van der Waals surface area contributed by atoms with Crippen LogP contribution in [0, 0.1) is 0 Å². The monoisotopic (exact) mass is 271 g/mol. The minimum atomic E-state index is -3.79. The molecule has 0 aromatic heterocycles. The van der Waals surface area contributed by atoms with Crippen molar-refractivity contribution in [2.45, 2.75) is 43.1 Å². The van der Waals surface area contributed by atoms with Crippen molar-refractivity contribution in [2.24, 2.45) is 5.14 Å². The summed E-state index contributed by atoms with van der Waals surface area (Å²) in [5.41, 5.74) is 0.